The zero-order valence-electron chi connectivity index (χ0n) is 42.2. The van der Waals surface area contributed by atoms with Crippen molar-refractivity contribution in [3.8, 4) is 0 Å². The fourth-order valence-electron chi connectivity index (χ4n) is 8.15. The summed E-state index contributed by atoms with van der Waals surface area (Å²) in [4.78, 5) is 64.1. The van der Waals surface area contributed by atoms with Gasteiger partial charge in [-0.05, 0) is 70.4 Å². The van der Waals surface area contributed by atoms with Gasteiger partial charge in [-0.3, -0.25) is 60.4 Å². The normalized spacial score (nSPS) is 14.5. The van der Waals surface area contributed by atoms with E-state index in [1.807, 2.05) is 0 Å². The number of fused-ring (bicyclic) bond motifs is 8. The molecule has 5 heterocycles. The standard InChI is InChI=1S/C52H44B4N8O16/c65-61(66)49-21-1-9-37(25-49)53-73-29-41-13-5-15-43(57-41)31-75-54(38-10-2-22-50(26-38)62(67)68)77-33-45-17-7-19-47(59-45)35-79-56(40-12-4-24-52(28-40)64(71)72)80-36-48-20-8-18-46(60-48)34-78-55(39-11-3-23-51(27-39)63(69)70)76-32-44-16-6-14-42(58-44)30-74-53/h1-28H,29-36H2. The Morgan fingerprint density at radius 1 is 0.275 bits per heavy atom. The van der Waals surface area contributed by atoms with Crippen LogP contribution in [0.5, 0.6) is 0 Å². The molecular formula is C52H44B4N8O16. The van der Waals surface area contributed by atoms with E-state index < -0.39 is 48.2 Å². The van der Waals surface area contributed by atoms with Crippen molar-refractivity contribution in [2.24, 2.45) is 0 Å². The third-order valence-electron chi connectivity index (χ3n) is 11.9. The number of benzene rings is 4. The Hall–Kier alpha value is -8.98. The molecule has 0 fully saturated rings. The zero-order chi connectivity index (χ0) is 55.8. The van der Waals surface area contributed by atoms with Gasteiger partial charge < -0.3 is 37.2 Å². The first-order chi connectivity index (χ1) is 38.9. The largest absolute Gasteiger partial charge is 0.494 e. The number of nitro benzene ring substituents is 4. The Kier molecular flexibility index (Phi) is 18.9. The number of nitrogens with zero attached hydrogens (tertiary/aromatic N) is 8. The molecule has 1 aliphatic heterocycles. The number of nitro groups is 4. The molecule has 0 atom stereocenters. The maximum absolute atomic E-state index is 11.8. The monoisotopic (exact) mass is 1080 g/mol. The predicted octanol–water partition coefficient (Wildman–Crippen LogP) is 5.73. The summed E-state index contributed by atoms with van der Waals surface area (Å²) in [6.45, 7) is -1.03. The van der Waals surface area contributed by atoms with E-state index in [0.29, 0.717) is 67.4 Å². The minimum absolute atomic E-state index is 0.129. The highest BCUT2D eigenvalue weighted by molar-refractivity contribution is 6.62. The van der Waals surface area contributed by atoms with Crippen molar-refractivity contribution in [2.45, 2.75) is 52.9 Å². The summed E-state index contributed by atoms with van der Waals surface area (Å²) in [5, 5.41) is 47.4. The molecule has 0 spiro atoms. The zero-order valence-corrected chi connectivity index (χ0v) is 42.2. The van der Waals surface area contributed by atoms with Crippen LogP contribution in [0.3, 0.4) is 0 Å². The second kappa shape index (κ2) is 27.1. The number of hydrogen-bond acceptors (Lipinski definition) is 20. The van der Waals surface area contributed by atoms with Crippen molar-refractivity contribution < 1.29 is 56.9 Å². The van der Waals surface area contributed by atoms with Crippen LogP contribution in [-0.4, -0.2) is 68.1 Å². The minimum Gasteiger partial charge on any atom is -0.401 e. The molecule has 400 valence electrons. The molecule has 80 heavy (non-hydrogen) atoms. The highest BCUT2D eigenvalue weighted by Crippen LogP contribution is 2.18. The van der Waals surface area contributed by atoms with Gasteiger partial charge in [-0.25, -0.2) is 0 Å². The van der Waals surface area contributed by atoms with E-state index in [9.17, 15) is 40.5 Å². The third-order valence-corrected chi connectivity index (χ3v) is 11.9. The third kappa shape index (κ3) is 15.6. The van der Waals surface area contributed by atoms with Crippen LogP contribution >= 0.6 is 0 Å². The lowest BCUT2D eigenvalue weighted by atomic mass is 9.78. The predicted molar refractivity (Wildman–Crippen MR) is 289 cm³/mol. The molecule has 0 N–H and O–H groups in total. The quantitative estimate of drug-likeness (QED) is 0.0997. The van der Waals surface area contributed by atoms with E-state index in [2.05, 4.69) is 0 Å². The second-order valence-electron chi connectivity index (χ2n) is 17.7. The number of rotatable bonds is 8. The summed E-state index contributed by atoms with van der Waals surface area (Å²) >= 11 is 0. The van der Waals surface area contributed by atoms with Crippen LogP contribution in [0.1, 0.15) is 45.6 Å². The molecule has 0 saturated heterocycles. The van der Waals surface area contributed by atoms with Crippen LogP contribution in [0, 0.1) is 40.5 Å². The molecule has 4 aromatic carbocycles. The Bertz CT molecular complexity index is 2960. The van der Waals surface area contributed by atoms with Crippen LogP contribution in [0.25, 0.3) is 0 Å². The first kappa shape index (κ1) is 55.8. The Balaban J connectivity index is 1.02. The lowest BCUT2D eigenvalue weighted by Gasteiger charge is -2.18. The van der Waals surface area contributed by atoms with E-state index in [-0.39, 0.29) is 75.6 Å². The van der Waals surface area contributed by atoms with Crippen molar-refractivity contribution in [2.75, 3.05) is 0 Å². The number of non-ortho nitro benzene ring substituents is 4. The van der Waals surface area contributed by atoms with Gasteiger partial charge in [-0.15, -0.1) is 0 Å². The molecule has 9 rings (SSSR count). The van der Waals surface area contributed by atoms with E-state index in [4.69, 9.17) is 57.2 Å². The molecule has 0 amide bonds. The average molecular weight is 1080 g/mol. The summed E-state index contributed by atoms with van der Waals surface area (Å²) < 4.78 is 50.2. The molecule has 1 aliphatic rings. The fourth-order valence-corrected chi connectivity index (χ4v) is 8.15. The maximum Gasteiger partial charge on any atom is 0.494 e. The Morgan fingerprint density at radius 2 is 0.438 bits per heavy atom. The molecule has 0 aliphatic carbocycles. The van der Waals surface area contributed by atoms with Gasteiger partial charge in [0.15, 0.2) is 0 Å². The molecule has 0 saturated carbocycles. The van der Waals surface area contributed by atoms with E-state index in [0.717, 1.165) is 0 Å². The molecule has 4 aromatic heterocycles. The second-order valence-corrected chi connectivity index (χ2v) is 17.7. The maximum atomic E-state index is 11.8. The molecule has 28 heteroatoms. The van der Waals surface area contributed by atoms with Gasteiger partial charge in [0.1, 0.15) is 0 Å². The van der Waals surface area contributed by atoms with Crippen LogP contribution in [-0.2, 0) is 90.1 Å². The topological polar surface area (TPSA) is 298 Å². The molecule has 0 unspecified atom stereocenters. The van der Waals surface area contributed by atoms with Crippen LogP contribution in [0.15, 0.2) is 170 Å². The van der Waals surface area contributed by atoms with Gasteiger partial charge in [0, 0.05) is 48.5 Å². The highest BCUT2D eigenvalue weighted by atomic mass is 16.6. The van der Waals surface area contributed by atoms with Crippen molar-refractivity contribution >= 4 is 73.1 Å². The SMILES string of the molecule is O=[N+]([O-])c1cccc(B2OCc3cccc(n3)COB(c3cccc([N+](=O)[O-])c3)OCc3cccc(n3)COB(c3cccc([N+](=O)[O-])c3)OCc3cccc(n3)COB(c3cccc([N+](=O)[O-])c3)OCc3cccc(n3)CO2)c1. The van der Waals surface area contributed by atoms with Gasteiger partial charge in [0.25, 0.3) is 22.7 Å². The van der Waals surface area contributed by atoms with Crippen LogP contribution in [0.4, 0.5) is 22.7 Å². The molecular weight excluding hydrogens is 1040 g/mol. The first-order valence-electron chi connectivity index (χ1n) is 24.6. The molecule has 8 bridgehead atoms. The molecule has 8 aromatic rings. The highest BCUT2D eigenvalue weighted by Gasteiger charge is 2.29. The smallest absolute Gasteiger partial charge is 0.401 e. The van der Waals surface area contributed by atoms with Gasteiger partial charge in [0.2, 0.25) is 0 Å². The van der Waals surface area contributed by atoms with E-state index >= 15 is 0 Å². The lowest BCUT2D eigenvalue weighted by molar-refractivity contribution is -0.385. The van der Waals surface area contributed by atoms with Crippen molar-refractivity contribution in [3.05, 3.63) is 256 Å². The Morgan fingerprint density at radius 3 is 0.600 bits per heavy atom. The number of pyridine rings is 4. The van der Waals surface area contributed by atoms with Crippen LogP contribution in [0.2, 0.25) is 0 Å². The molecule has 24 nitrogen and oxygen atoms in total. The lowest BCUT2D eigenvalue weighted by Crippen LogP contribution is -2.37. The first-order valence-corrected chi connectivity index (χ1v) is 24.6. The van der Waals surface area contributed by atoms with E-state index in [1.165, 1.54) is 72.8 Å². The Labute approximate surface area is 457 Å². The minimum atomic E-state index is -1.16. The van der Waals surface area contributed by atoms with E-state index in [1.54, 1.807) is 97.1 Å². The summed E-state index contributed by atoms with van der Waals surface area (Å²) in [6, 6.07) is 43.9. The van der Waals surface area contributed by atoms with Gasteiger partial charge in [-0.2, -0.15) is 0 Å². The van der Waals surface area contributed by atoms with Crippen LogP contribution < -0.4 is 21.9 Å². The van der Waals surface area contributed by atoms with Gasteiger partial charge in [0.05, 0.1) is 118 Å². The van der Waals surface area contributed by atoms with Gasteiger partial charge in [-0.1, -0.05) is 72.8 Å². The van der Waals surface area contributed by atoms with Gasteiger partial charge >= 0.3 is 28.5 Å². The summed E-state index contributed by atoms with van der Waals surface area (Å²) in [5.41, 5.74) is 4.11. The number of hydrogen-bond donors (Lipinski definition) is 0. The average Bonchev–Trinajstić information content (AvgIpc) is 3.47. The summed E-state index contributed by atoms with van der Waals surface area (Å²) in [6.07, 6.45) is 0. The van der Waals surface area contributed by atoms with Crippen molar-refractivity contribution in [1.29, 1.82) is 0 Å². The number of aromatic nitrogens is 4. The molecule has 0 radical (unpaired) electrons. The fraction of sp³-hybridized carbons (Fsp3) is 0.154. The summed E-state index contributed by atoms with van der Waals surface area (Å²) in [7, 11) is -4.62. The van der Waals surface area contributed by atoms with Crippen molar-refractivity contribution in [3.63, 3.8) is 0 Å². The summed E-state index contributed by atoms with van der Waals surface area (Å²) in [5.74, 6) is 0. The van der Waals surface area contributed by atoms with Crippen molar-refractivity contribution in [1.82, 2.24) is 19.9 Å².